The van der Waals surface area contributed by atoms with Gasteiger partial charge in [-0.2, -0.15) is 0 Å². The van der Waals surface area contributed by atoms with Crippen molar-refractivity contribution in [3.05, 3.63) is 71.8 Å². The highest BCUT2D eigenvalue weighted by molar-refractivity contribution is 5.79. The molecule has 0 aliphatic carbocycles. The Bertz CT molecular complexity index is 628. The third-order valence-electron chi connectivity index (χ3n) is 3.35. The number of ether oxygens (including phenoxy) is 2. The van der Waals surface area contributed by atoms with Crippen LogP contribution < -0.4 is 5.32 Å². The summed E-state index contributed by atoms with van der Waals surface area (Å²) in [4.78, 5) is 23.7. The fourth-order valence-corrected chi connectivity index (χ4v) is 2.12. The maximum atomic E-state index is 11.9. The highest BCUT2D eigenvalue weighted by Crippen LogP contribution is 2.16. The smallest absolute Gasteiger partial charge is 0.407 e. The molecule has 2 aromatic carbocycles. The number of carbonyl (C=O) groups excluding carboxylic acids is 2. The molecule has 1 N–H and O–H groups in total. The van der Waals surface area contributed by atoms with Crippen LogP contribution >= 0.6 is 0 Å². The minimum Gasteiger partial charge on any atom is -0.468 e. The summed E-state index contributed by atoms with van der Waals surface area (Å²) in [7, 11) is 1.33. The van der Waals surface area contributed by atoms with Gasteiger partial charge in [0, 0.05) is 6.54 Å². The topological polar surface area (TPSA) is 64.6 Å². The molecule has 1 amide bonds. The Kier molecular flexibility index (Phi) is 6.17. The number of hydrogen-bond donors (Lipinski definition) is 1. The van der Waals surface area contributed by atoms with Gasteiger partial charge in [-0.1, -0.05) is 60.7 Å². The monoisotopic (exact) mass is 313 g/mol. The van der Waals surface area contributed by atoms with E-state index in [9.17, 15) is 9.59 Å². The Morgan fingerprint density at radius 3 is 2.22 bits per heavy atom. The first-order valence-electron chi connectivity index (χ1n) is 7.28. The normalized spacial score (nSPS) is 11.3. The largest absolute Gasteiger partial charge is 0.468 e. The van der Waals surface area contributed by atoms with Crippen LogP contribution in [0.15, 0.2) is 60.7 Å². The molecule has 0 bridgehead atoms. The van der Waals surface area contributed by atoms with Gasteiger partial charge >= 0.3 is 12.1 Å². The minimum atomic E-state index is -0.571. The predicted octanol–water partition coefficient (Wildman–Crippen LogP) is 2.87. The van der Waals surface area contributed by atoms with Gasteiger partial charge in [-0.3, -0.25) is 4.79 Å². The lowest BCUT2D eigenvalue weighted by molar-refractivity contribution is -0.142. The second kappa shape index (κ2) is 8.58. The lowest BCUT2D eigenvalue weighted by atomic mass is 9.99. The van der Waals surface area contributed by atoms with Gasteiger partial charge in [-0.05, 0) is 11.1 Å². The SMILES string of the molecule is COC(=O)C(CNC(=O)OCc1ccccc1)c1ccccc1. The molecule has 5 heteroatoms. The number of benzene rings is 2. The summed E-state index contributed by atoms with van der Waals surface area (Å²) in [5, 5.41) is 2.60. The van der Waals surface area contributed by atoms with Gasteiger partial charge < -0.3 is 14.8 Å². The Labute approximate surface area is 135 Å². The van der Waals surface area contributed by atoms with Crippen molar-refractivity contribution in [1.29, 1.82) is 0 Å². The van der Waals surface area contributed by atoms with E-state index in [1.807, 2.05) is 60.7 Å². The van der Waals surface area contributed by atoms with Crippen LogP contribution in [0, 0.1) is 0 Å². The molecular formula is C18H19NO4. The van der Waals surface area contributed by atoms with Crippen molar-refractivity contribution >= 4 is 12.1 Å². The van der Waals surface area contributed by atoms with Crippen LogP contribution in [0.4, 0.5) is 4.79 Å². The van der Waals surface area contributed by atoms with Gasteiger partial charge in [-0.15, -0.1) is 0 Å². The molecule has 0 spiro atoms. The van der Waals surface area contributed by atoms with Gasteiger partial charge in [0.2, 0.25) is 0 Å². The number of carbonyl (C=O) groups is 2. The molecule has 0 aromatic heterocycles. The van der Waals surface area contributed by atoms with Crippen LogP contribution in [-0.2, 0) is 20.9 Å². The molecule has 120 valence electrons. The van der Waals surface area contributed by atoms with E-state index in [0.717, 1.165) is 11.1 Å². The van der Waals surface area contributed by atoms with E-state index in [0.29, 0.717) is 0 Å². The standard InChI is InChI=1S/C18H19NO4/c1-22-17(20)16(15-10-6-3-7-11-15)12-19-18(21)23-13-14-8-4-2-5-9-14/h2-11,16H,12-13H2,1H3,(H,19,21). The lowest BCUT2D eigenvalue weighted by Crippen LogP contribution is -2.32. The molecule has 0 heterocycles. The van der Waals surface area contributed by atoms with E-state index in [2.05, 4.69) is 5.32 Å². The Hall–Kier alpha value is -2.82. The molecule has 0 saturated heterocycles. The Balaban J connectivity index is 1.88. The average Bonchev–Trinajstić information content (AvgIpc) is 2.61. The molecule has 2 rings (SSSR count). The molecule has 2 aromatic rings. The van der Waals surface area contributed by atoms with Gasteiger partial charge in [0.15, 0.2) is 0 Å². The second-order valence-electron chi connectivity index (χ2n) is 4.93. The zero-order chi connectivity index (χ0) is 16.5. The Morgan fingerprint density at radius 2 is 1.61 bits per heavy atom. The first-order chi connectivity index (χ1) is 11.2. The fourth-order valence-electron chi connectivity index (χ4n) is 2.12. The number of esters is 1. The molecule has 1 atom stereocenters. The average molecular weight is 313 g/mol. The van der Waals surface area contributed by atoms with Crippen molar-refractivity contribution in [2.75, 3.05) is 13.7 Å². The second-order valence-corrected chi connectivity index (χ2v) is 4.93. The number of methoxy groups -OCH3 is 1. The summed E-state index contributed by atoms with van der Waals surface area (Å²) in [5.74, 6) is -0.968. The lowest BCUT2D eigenvalue weighted by Gasteiger charge is -2.15. The van der Waals surface area contributed by atoms with E-state index >= 15 is 0 Å². The summed E-state index contributed by atoms with van der Waals surface area (Å²) < 4.78 is 9.92. The van der Waals surface area contributed by atoms with Gasteiger partial charge in [0.1, 0.15) is 6.61 Å². The summed E-state index contributed by atoms with van der Waals surface area (Å²) in [6, 6.07) is 18.5. The molecular weight excluding hydrogens is 294 g/mol. The number of nitrogens with one attached hydrogen (secondary N) is 1. The molecule has 0 saturated carbocycles. The van der Waals surface area contributed by atoms with Crippen LogP contribution in [-0.4, -0.2) is 25.7 Å². The van der Waals surface area contributed by atoms with E-state index in [1.165, 1.54) is 7.11 Å². The number of rotatable bonds is 6. The van der Waals surface area contributed by atoms with Crippen molar-refractivity contribution < 1.29 is 19.1 Å². The van der Waals surface area contributed by atoms with Crippen LogP contribution in [0.3, 0.4) is 0 Å². The van der Waals surface area contributed by atoms with E-state index < -0.39 is 18.0 Å². The molecule has 5 nitrogen and oxygen atoms in total. The highest BCUT2D eigenvalue weighted by Gasteiger charge is 2.22. The van der Waals surface area contributed by atoms with E-state index in [1.54, 1.807) is 0 Å². The number of amides is 1. The van der Waals surface area contributed by atoms with Crippen molar-refractivity contribution in [2.45, 2.75) is 12.5 Å². The highest BCUT2D eigenvalue weighted by atomic mass is 16.5. The van der Waals surface area contributed by atoms with Gasteiger partial charge in [-0.25, -0.2) is 4.79 Å². The summed E-state index contributed by atoms with van der Waals surface area (Å²) >= 11 is 0. The maximum absolute atomic E-state index is 11.9. The predicted molar refractivity (Wildman–Crippen MR) is 85.8 cm³/mol. The van der Waals surface area contributed by atoms with Crippen LogP contribution in [0.25, 0.3) is 0 Å². The number of hydrogen-bond acceptors (Lipinski definition) is 4. The minimum absolute atomic E-state index is 0.115. The van der Waals surface area contributed by atoms with Gasteiger partial charge in [0.25, 0.3) is 0 Å². The van der Waals surface area contributed by atoms with Crippen LogP contribution in [0.1, 0.15) is 17.0 Å². The van der Waals surface area contributed by atoms with Crippen LogP contribution in [0.5, 0.6) is 0 Å². The zero-order valence-corrected chi connectivity index (χ0v) is 12.9. The van der Waals surface area contributed by atoms with Gasteiger partial charge in [0.05, 0.1) is 13.0 Å². The fraction of sp³-hybridized carbons (Fsp3) is 0.222. The summed E-state index contributed by atoms with van der Waals surface area (Å²) in [5.41, 5.74) is 1.68. The zero-order valence-electron chi connectivity index (χ0n) is 12.9. The summed E-state index contributed by atoms with van der Waals surface area (Å²) in [6.45, 7) is 0.297. The molecule has 23 heavy (non-hydrogen) atoms. The first-order valence-corrected chi connectivity index (χ1v) is 7.28. The molecule has 1 unspecified atom stereocenters. The first kappa shape index (κ1) is 16.5. The Morgan fingerprint density at radius 1 is 1.00 bits per heavy atom. The van der Waals surface area contributed by atoms with Crippen LogP contribution in [0.2, 0.25) is 0 Å². The summed E-state index contributed by atoms with van der Waals surface area (Å²) in [6.07, 6.45) is -0.571. The third kappa shape index (κ3) is 5.14. The molecule has 0 fully saturated rings. The molecule has 0 aliphatic heterocycles. The van der Waals surface area contributed by atoms with Crippen molar-refractivity contribution in [2.24, 2.45) is 0 Å². The van der Waals surface area contributed by atoms with Crippen molar-refractivity contribution in [1.82, 2.24) is 5.32 Å². The molecule has 0 aliphatic rings. The van der Waals surface area contributed by atoms with E-state index in [-0.39, 0.29) is 13.2 Å². The number of alkyl carbamates (subject to hydrolysis) is 1. The maximum Gasteiger partial charge on any atom is 0.407 e. The van der Waals surface area contributed by atoms with Crippen molar-refractivity contribution in [3.8, 4) is 0 Å². The van der Waals surface area contributed by atoms with E-state index in [4.69, 9.17) is 9.47 Å². The molecule has 0 radical (unpaired) electrons. The third-order valence-corrected chi connectivity index (χ3v) is 3.35. The quantitative estimate of drug-likeness (QED) is 0.833. The van der Waals surface area contributed by atoms with Crippen molar-refractivity contribution in [3.63, 3.8) is 0 Å².